The second-order valence-electron chi connectivity index (χ2n) is 6.05. The van der Waals surface area contributed by atoms with Gasteiger partial charge in [-0.3, -0.25) is 0 Å². The van der Waals surface area contributed by atoms with E-state index >= 15 is 0 Å². The molecule has 0 atom stereocenters. The van der Waals surface area contributed by atoms with E-state index in [0.717, 1.165) is 33.5 Å². The van der Waals surface area contributed by atoms with E-state index in [2.05, 4.69) is 14.9 Å². The molecule has 1 heterocycles. The first kappa shape index (κ1) is 19.3. The third-order valence-electron chi connectivity index (χ3n) is 4.18. The predicted molar refractivity (Wildman–Crippen MR) is 109 cm³/mol. The smallest absolute Gasteiger partial charge is 0.203 e. The van der Waals surface area contributed by atoms with Gasteiger partial charge in [0.15, 0.2) is 0 Å². The lowest BCUT2D eigenvalue weighted by Gasteiger charge is -2.13. The molecule has 0 radical (unpaired) electrons. The number of ether oxygens (including phenoxy) is 2. The van der Waals surface area contributed by atoms with Gasteiger partial charge in [0.2, 0.25) is 5.95 Å². The predicted octanol–water partition coefficient (Wildman–Crippen LogP) is 4.86. The largest absolute Gasteiger partial charge is 0.494 e. The van der Waals surface area contributed by atoms with Crippen molar-refractivity contribution in [2.24, 2.45) is 0 Å². The van der Waals surface area contributed by atoms with Crippen molar-refractivity contribution < 1.29 is 9.47 Å². The molecule has 27 heavy (non-hydrogen) atoms. The Labute approximate surface area is 164 Å². The lowest BCUT2D eigenvalue weighted by molar-refractivity contribution is 0.188. The van der Waals surface area contributed by atoms with Crippen LogP contribution in [0.3, 0.4) is 0 Å². The number of hydrogen-bond donors (Lipinski definition) is 1. The van der Waals surface area contributed by atoms with E-state index in [1.54, 1.807) is 7.11 Å². The minimum Gasteiger partial charge on any atom is -0.494 e. The fraction of sp³-hybridized carbons (Fsp3) is 0.286. The zero-order chi connectivity index (χ0) is 19.1. The number of anilines is 1. The maximum absolute atomic E-state index is 6.07. The summed E-state index contributed by atoms with van der Waals surface area (Å²) in [5.41, 5.74) is 3.22. The number of rotatable bonds is 9. The zero-order valence-corrected chi connectivity index (χ0v) is 16.4. The van der Waals surface area contributed by atoms with Gasteiger partial charge in [0.1, 0.15) is 5.75 Å². The van der Waals surface area contributed by atoms with E-state index in [0.29, 0.717) is 26.3 Å². The summed E-state index contributed by atoms with van der Waals surface area (Å²) in [5, 5.41) is 4.13. The van der Waals surface area contributed by atoms with E-state index in [9.17, 15) is 0 Å². The first-order chi connectivity index (χ1) is 13.2. The molecule has 2 aromatic carbocycles. The Balaban J connectivity index is 1.82. The Hall–Kier alpha value is -2.50. The zero-order valence-electron chi connectivity index (χ0n) is 15.6. The van der Waals surface area contributed by atoms with E-state index in [1.807, 2.05) is 61.7 Å². The van der Waals surface area contributed by atoms with Crippen LogP contribution in [-0.2, 0) is 17.8 Å². The van der Waals surface area contributed by atoms with Crippen LogP contribution >= 0.6 is 11.6 Å². The number of imidazole rings is 1. The molecule has 0 aliphatic carbocycles. The van der Waals surface area contributed by atoms with E-state index < -0.39 is 0 Å². The maximum Gasteiger partial charge on any atom is 0.203 e. The van der Waals surface area contributed by atoms with Gasteiger partial charge in [0.05, 0.1) is 25.1 Å². The van der Waals surface area contributed by atoms with Crippen LogP contribution in [0.1, 0.15) is 12.5 Å². The Morgan fingerprint density at radius 3 is 2.67 bits per heavy atom. The van der Waals surface area contributed by atoms with Crippen LogP contribution in [0.4, 0.5) is 5.95 Å². The summed E-state index contributed by atoms with van der Waals surface area (Å²) in [6.07, 6.45) is 1.88. The van der Waals surface area contributed by atoms with Crippen molar-refractivity contribution in [3.8, 4) is 17.0 Å². The molecular weight excluding hydrogens is 362 g/mol. The summed E-state index contributed by atoms with van der Waals surface area (Å²) in [4.78, 5) is 4.57. The number of aromatic nitrogens is 2. The van der Waals surface area contributed by atoms with Gasteiger partial charge in [-0.1, -0.05) is 23.7 Å². The van der Waals surface area contributed by atoms with Crippen LogP contribution in [0.25, 0.3) is 11.3 Å². The molecule has 0 saturated heterocycles. The molecule has 6 heteroatoms. The molecule has 0 saturated carbocycles. The Morgan fingerprint density at radius 2 is 1.96 bits per heavy atom. The number of nitrogens with one attached hydrogen (secondary N) is 1. The lowest BCUT2D eigenvalue weighted by Crippen LogP contribution is -2.11. The first-order valence-electron chi connectivity index (χ1n) is 8.97. The highest BCUT2D eigenvalue weighted by atomic mass is 35.5. The molecule has 142 valence electrons. The second-order valence-corrected chi connectivity index (χ2v) is 6.49. The number of halogens is 1. The minimum absolute atomic E-state index is 0.603. The Kier molecular flexibility index (Phi) is 6.74. The molecule has 0 aliphatic rings. The minimum atomic E-state index is 0.603. The third kappa shape index (κ3) is 5.02. The highest BCUT2D eigenvalue weighted by Gasteiger charge is 2.12. The van der Waals surface area contributed by atoms with Gasteiger partial charge in [-0.05, 0) is 48.9 Å². The van der Waals surface area contributed by atoms with Gasteiger partial charge in [-0.15, -0.1) is 0 Å². The van der Waals surface area contributed by atoms with Crippen molar-refractivity contribution in [2.45, 2.75) is 20.0 Å². The molecule has 0 amide bonds. The molecule has 0 aliphatic heterocycles. The summed E-state index contributed by atoms with van der Waals surface area (Å²) in [6.45, 7) is 4.59. The molecule has 1 aromatic heterocycles. The lowest BCUT2D eigenvalue weighted by atomic mass is 10.1. The van der Waals surface area contributed by atoms with Gasteiger partial charge in [-0.25, -0.2) is 4.98 Å². The summed E-state index contributed by atoms with van der Waals surface area (Å²) in [6, 6.07) is 15.9. The second kappa shape index (κ2) is 9.44. The van der Waals surface area contributed by atoms with Crippen molar-refractivity contribution in [3.63, 3.8) is 0 Å². The maximum atomic E-state index is 6.07. The molecule has 0 fully saturated rings. The topological polar surface area (TPSA) is 48.3 Å². The van der Waals surface area contributed by atoms with Crippen molar-refractivity contribution in [1.82, 2.24) is 9.55 Å². The summed E-state index contributed by atoms with van der Waals surface area (Å²) in [5.74, 6) is 1.67. The van der Waals surface area contributed by atoms with E-state index in [1.165, 1.54) is 0 Å². The van der Waals surface area contributed by atoms with Crippen LogP contribution in [0, 0.1) is 0 Å². The molecule has 0 spiro atoms. The highest BCUT2D eigenvalue weighted by molar-refractivity contribution is 6.30. The number of benzene rings is 2. The van der Waals surface area contributed by atoms with Crippen molar-refractivity contribution in [1.29, 1.82) is 0 Å². The molecule has 3 rings (SSSR count). The fourth-order valence-electron chi connectivity index (χ4n) is 2.87. The average molecular weight is 386 g/mol. The van der Waals surface area contributed by atoms with E-state index in [-0.39, 0.29) is 0 Å². The Morgan fingerprint density at radius 1 is 1.15 bits per heavy atom. The van der Waals surface area contributed by atoms with Crippen LogP contribution in [-0.4, -0.2) is 29.9 Å². The van der Waals surface area contributed by atoms with Crippen molar-refractivity contribution in [3.05, 3.63) is 65.3 Å². The highest BCUT2D eigenvalue weighted by Crippen LogP contribution is 2.26. The van der Waals surface area contributed by atoms with Crippen molar-refractivity contribution in [2.75, 3.05) is 25.6 Å². The summed E-state index contributed by atoms with van der Waals surface area (Å²) >= 11 is 6.07. The molecule has 0 bridgehead atoms. The summed E-state index contributed by atoms with van der Waals surface area (Å²) < 4.78 is 12.9. The van der Waals surface area contributed by atoms with Gasteiger partial charge in [0, 0.05) is 30.8 Å². The molecular formula is C21H24ClN3O2. The SMILES string of the molecule is CCOc1ccc(-c2cnc(NCc3cccc(Cl)c3)n2CCOC)cc1. The normalized spacial score (nSPS) is 10.8. The van der Waals surface area contributed by atoms with Crippen LogP contribution < -0.4 is 10.1 Å². The van der Waals surface area contributed by atoms with Gasteiger partial charge < -0.3 is 19.4 Å². The molecule has 5 nitrogen and oxygen atoms in total. The van der Waals surface area contributed by atoms with Crippen molar-refractivity contribution >= 4 is 17.5 Å². The van der Waals surface area contributed by atoms with Crippen LogP contribution in [0.2, 0.25) is 5.02 Å². The van der Waals surface area contributed by atoms with Crippen LogP contribution in [0.5, 0.6) is 5.75 Å². The number of hydrogen-bond acceptors (Lipinski definition) is 4. The Bertz CT molecular complexity index is 862. The number of methoxy groups -OCH3 is 1. The van der Waals surface area contributed by atoms with Gasteiger partial charge in [0.25, 0.3) is 0 Å². The van der Waals surface area contributed by atoms with Gasteiger partial charge >= 0.3 is 0 Å². The standard InChI is InChI=1S/C21H24ClN3O2/c1-3-27-19-9-7-17(8-10-19)20-15-24-21(25(20)11-12-26-2)23-14-16-5-4-6-18(22)13-16/h4-10,13,15H,3,11-12,14H2,1-2H3,(H,23,24). The van der Waals surface area contributed by atoms with Gasteiger partial charge in [-0.2, -0.15) is 0 Å². The van der Waals surface area contributed by atoms with E-state index in [4.69, 9.17) is 21.1 Å². The first-order valence-corrected chi connectivity index (χ1v) is 9.35. The van der Waals surface area contributed by atoms with Crippen LogP contribution in [0.15, 0.2) is 54.7 Å². The number of nitrogens with zero attached hydrogens (tertiary/aromatic N) is 2. The molecule has 0 unspecified atom stereocenters. The molecule has 1 N–H and O–H groups in total. The fourth-order valence-corrected chi connectivity index (χ4v) is 3.09. The summed E-state index contributed by atoms with van der Waals surface area (Å²) in [7, 11) is 1.70. The quantitative estimate of drug-likeness (QED) is 0.571. The monoisotopic (exact) mass is 385 g/mol. The third-order valence-corrected chi connectivity index (χ3v) is 4.41. The molecule has 3 aromatic rings. The average Bonchev–Trinajstić information content (AvgIpc) is 3.08.